The predicted molar refractivity (Wildman–Crippen MR) is 86.4 cm³/mol. The van der Waals surface area contributed by atoms with Crippen molar-refractivity contribution in [1.29, 1.82) is 0 Å². The van der Waals surface area contributed by atoms with Gasteiger partial charge in [-0.1, -0.05) is 6.07 Å². The minimum absolute atomic E-state index is 0.0959. The van der Waals surface area contributed by atoms with E-state index in [4.69, 9.17) is 0 Å². The molecule has 1 amide bonds. The van der Waals surface area contributed by atoms with Gasteiger partial charge in [-0.05, 0) is 30.2 Å². The second kappa shape index (κ2) is 6.40. The molecule has 2 aromatic rings. The number of amides is 1. The van der Waals surface area contributed by atoms with Crippen LogP contribution in [-0.2, 0) is 31.4 Å². The summed E-state index contributed by atoms with van der Waals surface area (Å²) in [7, 11) is 1.33. The van der Waals surface area contributed by atoms with Crippen molar-refractivity contribution >= 4 is 11.6 Å². The Bertz CT molecular complexity index is 917. The fraction of sp³-hybridized carbons (Fsp3) is 0.312. The highest BCUT2D eigenvalue weighted by Gasteiger charge is 2.17. The van der Waals surface area contributed by atoms with E-state index >= 15 is 0 Å². The van der Waals surface area contributed by atoms with E-state index in [1.807, 2.05) is 0 Å². The van der Waals surface area contributed by atoms with Gasteiger partial charge in [0.25, 0.3) is 5.56 Å². The minimum atomic E-state index is -0.602. The quantitative estimate of drug-likeness (QED) is 0.827. The van der Waals surface area contributed by atoms with Crippen LogP contribution in [0.2, 0.25) is 0 Å². The van der Waals surface area contributed by atoms with Gasteiger partial charge in [0.05, 0.1) is 5.69 Å². The van der Waals surface area contributed by atoms with Crippen molar-refractivity contribution in [2.75, 3.05) is 11.9 Å². The zero-order valence-electron chi connectivity index (χ0n) is 13.1. The van der Waals surface area contributed by atoms with Crippen molar-refractivity contribution in [2.24, 2.45) is 7.05 Å². The van der Waals surface area contributed by atoms with Crippen molar-refractivity contribution < 1.29 is 9.18 Å². The monoisotopic (exact) mass is 332 g/mol. The third-order valence-electron chi connectivity index (χ3n) is 4.06. The standard InChI is InChI=1S/C16H17FN4O3/c1-20-14(23)5-7-21(16(20)24)9-13(22)19-12-3-2-10-8-18-6-4-11(10)15(12)17/h2-3,5,7,18H,4,6,8-9H2,1H3,(H,19,22). The maximum absolute atomic E-state index is 14.5. The molecule has 1 aliphatic heterocycles. The third-order valence-corrected chi connectivity index (χ3v) is 4.06. The molecule has 2 heterocycles. The first kappa shape index (κ1) is 16.1. The molecule has 0 saturated heterocycles. The molecule has 0 spiro atoms. The summed E-state index contributed by atoms with van der Waals surface area (Å²) >= 11 is 0. The largest absolute Gasteiger partial charge is 0.331 e. The number of hydrogen-bond donors (Lipinski definition) is 2. The van der Waals surface area contributed by atoms with E-state index < -0.39 is 23.0 Å². The average Bonchev–Trinajstić information content (AvgIpc) is 2.58. The lowest BCUT2D eigenvalue weighted by Crippen LogP contribution is -2.39. The van der Waals surface area contributed by atoms with Crippen LogP contribution >= 0.6 is 0 Å². The Balaban J connectivity index is 1.80. The second-order valence-corrected chi connectivity index (χ2v) is 5.66. The first-order valence-corrected chi connectivity index (χ1v) is 7.54. The van der Waals surface area contributed by atoms with E-state index in [2.05, 4.69) is 10.6 Å². The molecule has 7 nitrogen and oxygen atoms in total. The highest BCUT2D eigenvalue weighted by Crippen LogP contribution is 2.24. The number of aromatic nitrogens is 2. The molecule has 1 aromatic heterocycles. The van der Waals surface area contributed by atoms with Crippen LogP contribution in [0.15, 0.2) is 34.0 Å². The average molecular weight is 332 g/mol. The number of nitrogens with one attached hydrogen (secondary N) is 2. The lowest BCUT2D eigenvalue weighted by molar-refractivity contribution is -0.116. The number of carbonyl (C=O) groups is 1. The molecule has 3 rings (SSSR count). The number of nitrogens with zero attached hydrogens (tertiary/aromatic N) is 2. The van der Waals surface area contributed by atoms with Crippen molar-refractivity contribution in [3.63, 3.8) is 0 Å². The van der Waals surface area contributed by atoms with E-state index in [1.165, 1.54) is 25.4 Å². The third kappa shape index (κ3) is 3.00. The molecule has 1 aromatic carbocycles. The number of benzene rings is 1. The maximum Gasteiger partial charge on any atom is 0.331 e. The summed E-state index contributed by atoms with van der Waals surface area (Å²) in [5.74, 6) is -0.973. The van der Waals surface area contributed by atoms with Crippen LogP contribution in [0.3, 0.4) is 0 Å². The van der Waals surface area contributed by atoms with E-state index in [1.54, 1.807) is 6.07 Å². The highest BCUT2D eigenvalue weighted by molar-refractivity contribution is 5.90. The van der Waals surface area contributed by atoms with Crippen molar-refractivity contribution in [2.45, 2.75) is 19.5 Å². The fourth-order valence-electron chi connectivity index (χ4n) is 2.71. The summed E-state index contributed by atoms with van der Waals surface area (Å²) in [6.45, 7) is 0.994. The second-order valence-electron chi connectivity index (χ2n) is 5.66. The number of halogens is 1. The highest BCUT2D eigenvalue weighted by atomic mass is 19.1. The van der Waals surface area contributed by atoms with Gasteiger partial charge >= 0.3 is 5.69 Å². The van der Waals surface area contributed by atoms with Crippen molar-refractivity contribution in [1.82, 2.24) is 14.5 Å². The number of fused-ring (bicyclic) bond motifs is 1. The van der Waals surface area contributed by atoms with Gasteiger partial charge in [0.1, 0.15) is 12.4 Å². The fourth-order valence-corrected chi connectivity index (χ4v) is 2.71. The maximum atomic E-state index is 14.5. The molecule has 0 unspecified atom stereocenters. The molecule has 1 aliphatic rings. The van der Waals surface area contributed by atoms with Gasteiger partial charge < -0.3 is 10.6 Å². The summed E-state index contributed by atoms with van der Waals surface area (Å²) in [6, 6.07) is 4.49. The molecule has 0 fully saturated rings. The first-order chi connectivity index (χ1) is 11.5. The number of rotatable bonds is 3. The van der Waals surface area contributed by atoms with Crippen LogP contribution in [0.4, 0.5) is 10.1 Å². The Kier molecular flexibility index (Phi) is 4.30. The van der Waals surface area contributed by atoms with E-state index in [0.29, 0.717) is 25.1 Å². The molecule has 0 aliphatic carbocycles. The normalized spacial score (nSPS) is 13.4. The Morgan fingerprint density at radius 2 is 2.12 bits per heavy atom. The number of carbonyl (C=O) groups excluding carboxylic acids is 1. The number of hydrogen-bond acceptors (Lipinski definition) is 4. The van der Waals surface area contributed by atoms with Gasteiger partial charge in [-0.15, -0.1) is 0 Å². The summed E-state index contributed by atoms with van der Waals surface area (Å²) in [5, 5.41) is 5.65. The molecule has 0 saturated carbocycles. The lowest BCUT2D eigenvalue weighted by Gasteiger charge is -2.19. The van der Waals surface area contributed by atoms with Gasteiger partial charge in [0.15, 0.2) is 0 Å². The first-order valence-electron chi connectivity index (χ1n) is 7.54. The van der Waals surface area contributed by atoms with Crippen LogP contribution in [0.25, 0.3) is 0 Å². The zero-order valence-corrected chi connectivity index (χ0v) is 13.1. The van der Waals surface area contributed by atoms with E-state index in [9.17, 15) is 18.8 Å². The summed E-state index contributed by atoms with van der Waals surface area (Å²) in [6.07, 6.45) is 1.81. The summed E-state index contributed by atoms with van der Waals surface area (Å²) in [5.41, 5.74) is 0.524. The van der Waals surface area contributed by atoms with Crippen LogP contribution in [0.5, 0.6) is 0 Å². The Labute approximate surface area is 136 Å². The molecule has 126 valence electrons. The van der Waals surface area contributed by atoms with Gasteiger partial charge in [-0.3, -0.25) is 18.7 Å². The summed E-state index contributed by atoms with van der Waals surface area (Å²) < 4.78 is 16.5. The van der Waals surface area contributed by atoms with Crippen molar-refractivity contribution in [3.05, 3.63) is 62.2 Å². The van der Waals surface area contributed by atoms with Gasteiger partial charge in [0, 0.05) is 25.9 Å². The molecule has 0 atom stereocenters. The molecular formula is C16H17FN4O3. The topological polar surface area (TPSA) is 85.1 Å². The Morgan fingerprint density at radius 1 is 1.33 bits per heavy atom. The van der Waals surface area contributed by atoms with E-state index in [0.717, 1.165) is 14.7 Å². The predicted octanol–water partition coefficient (Wildman–Crippen LogP) is -0.0295. The molecule has 0 radical (unpaired) electrons. The molecule has 8 heteroatoms. The van der Waals surface area contributed by atoms with Crippen LogP contribution < -0.4 is 21.9 Å². The molecule has 2 N–H and O–H groups in total. The molecule has 24 heavy (non-hydrogen) atoms. The Hall–Kier alpha value is -2.74. The van der Waals surface area contributed by atoms with Crippen molar-refractivity contribution in [3.8, 4) is 0 Å². The Morgan fingerprint density at radius 3 is 2.92 bits per heavy atom. The van der Waals surface area contributed by atoms with Crippen LogP contribution in [0.1, 0.15) is 11.1 Å². The SMILES string of the molecule is Cn1c(=O)ccn(CC(=O)Nc2ccc3c(c2F)CCNC3)c1=O. The van der Waals surface area contributed by atoms with Crippen LogP contribution in [-0.4, -0.2) is 21.6 Å². The van der Waals surface area contributed by atoms with Gasteiger partial charge in [-0.2, -0.15) is 0 Å². The molecule has 0 bridgehead atoms. The minimum Gasteiger partial charge on any atom is -0.322 e. The lowest BCUT2D eigenvalue weighted by atomic mass is 9.99. The summed E-state index contributed by atoms with van der Waals surface area (Å²) in [4.78, 5) is 35.4. The van der Waals surface area contributed by atoms with E-state index in [-0.39, 0.29) is 12.2 Å². The molecular weight excluding hydrogens is 315 g/mol. The van der Waals surface area contributed by atoms with Gasteiger partial charge in [-0.25, -0.2) is 9.18 Å². The van der Waals surface area contributed by atoms with Crippen LogP contribution in [0, 0.1) is 5.82 Å². The smallest absolute Gasteiger partial charge is 0.322 e. The zero-order chi connectivity index (χ0) is 17.3. The number of anilines is 1. The van der Waals surface area contributed by atoms with Gasteiger partial charge in [0.2, 0.25) is 5.91 Å².